The number of carbonyl (C=O) groups excluding carboxylic acids is 2. The summed E-state index contributed by atoms with van der Waals surface area (Å²) in [5.74, 6) is 0.807. The Labute approximate surface area is 214 Å². The fraction of sp³-hybridized carbons (Fsp3) is 0.286. The molecule has 0 bridgehead atoms. The third kappa shape index (κ3) is 6.57. The van der Waals surface area contributed by atoms with Crippen LogP contribution in [0.25, 0.3) is 0 Å². The maximum atomic E-state index is 13.3. The first-order valence-corrected chi connectivity index (χ1v) is 12.9. The minimum absolute atomic E-state index is 0.109. The van der Waals surface area contributed by atoms with Crippen molar-refractivity contribution in [1.82, 2.24) is 5.32 Å². The molecule has 3 aromatic rings. The Kier molecular flexibility index (Phi) is 8.48. The summed E-state index contributed by atoms with van der Waals surface area (Å²) in [5.41, 5.74) is 1.95. The highest BCUT2D eigenvalue weighted by atomic mass is 32.2. The van der Waals surface area contributed by atoms with Gasteiger partial charge in [-0.2, -0.15) is 0 Å². The van der Waals surface area contributed by atoms with Crippen molar-refractivity contribution >= 4 is 29.3 Å². The van der Waals surface area contributed by atoms with Crippen LogP contribution < -0.4 is 20.1 Å². The van der Waals surface area contributed by atoms with E-state index in [0.29, 0.717) is 40.9 Å². The zero-order chi connectivity index (χ0) is 25.5. The van der Waals surface area contributed by atoms with Gasteiger partial charge in [0.15, 0.2) is 11.5 Å². The zero-order valence-corrected chi connectivity index (χ0v) is 21.1. The first-order chi connectivity index (χ1) is 17.4. The van der Waals surface area contributed by atoms with Crippen LogP contribution in [0.4, 0.5) is 10.1 Å². The molecule has 0 aliphatic carbocycles. The van der Waals surface area contributed by atoms with E-state index in [1.165, 1.54) is 36.0 Å². The maximum Gasteiger partial charge on any atom is 0.252 e. The Bertz CT molecular complexity index is 1220. The molecule has 4 rings (SSSR count). The molecule has 1 aliphatic heterocycles. The molecule has 2 N–H and O–H groups in total. The monoisotopic (exact) mass is 508 g/mol. The average molecular weight is 509 g/mol. The van der Waals surface area contributed by atoms with Crippen LogP contribution in [0.2, 0.25) is 0 Å². The summed E-state index contributed by atoms with van der Waals surface area (Å²) in [7, 11) is 0. The Hall–Kier alpha value is -3.52. The summed E-state index contributed by atoms with van der Waals surface area (Å²) in [5, 5.41) is 5.90. The molecule has 36 heavy (non-hydrogen) atoms. The van der Waals surface area contributed by atoms with Gasteiger partial charge < -0.3 is 20.1 Å². The summed E-state index contributed by atoms with van der Waals surface area (Å²) in [6.07, 6.45) is 0.824. The summed E-state index contributed by atoms with van der Waals surface area (Å²) in [6.45, 7) is 5.31. The number of ether oxygens (including phenoxy) is 2. The molecule has 0 fully saturated rings. The predicted octanol–water partition coefficient (Wildman–Crippen LogP) is 5.84. The third-order valence-corrected chi connectivity index (χ3v) is 6.78. The first-order valence-electron chi connectivity index (χ1n) is 11.9. The third-order valence-electron chi connectivity index (χ3n) is 5.70. The van der Waals surface area contributed by atoms with Gasteiger partial charge in [0.05, 0.1) is 30.6 Å². The van der Waals surface area contributed by atoms with Crippen LogP contribution in [-0.4, -0.2) is 30.8 Å². The predicted molar refractivity (Wildman–Crippen MR) is 139 cm³/mol. The Morgan fingerprint density at radius 1 is 0.972 bits per heavy atom. The fourth-order valence-electron chi connectivity index (χ4n) is 3.88. The van der Waals surface area contributed by atoms with Gasteiger partial charge in [0.1, 0.15) is 5.82 Å². The van der Waals surface area contributed by atoms with Crippen molar-refractivity contribution in [3.8, 4) is 11.5 Å². The molecule has 188 valence electrons. The van der Waals surface area contributed by atoms with Crippen molar-refractivity contribution in [2.45, 2.75) is 31.2 Å². The SMILES string of the molecule is CC(C)[C@@H](NC(=O)c1ccccc1SCC(=O)Nc1ccc(F)cc1)c1ccc2c(c1)OCCCO2. The largest absolute Gasteiger partial charge is 0.490 e. The standard InChI is InChI=1S/C28H29FN2O4S/c1-18(2)27(19-8-13-23-24(16-19)35-15-5-14-34-23)31-28(33)22-6-3-4-7-25(22)36-17-26(32)30-21-11-9-20(29)10-12-21/h3-4,6-13,16,18,27H,5,14-15,17H2,1-2H3,(H,30,32)(H,31,33)/t27-/m1/s1. The number of carbonyl (C=O) groups is 2. The Balaban J connectivity index is 1.44. The van der Waals surface area contributed by atoms with Crippen LogP contribution in [0.5, 0.6) is 11.5 Å². The molecule has 0 unspecified atom stereocenters. The van der Waals surface area contributed by atoms with E-state index in [9.17, 15) is 14.0 Å². The van der Waals surface area contributed by atoms with Crippen LogP contribution in [0.3, 0.4) is 0 Å². The highest BCUT2D eigenvalue weighted by Gasteiger charge is 2.23. The van der Waals surface area contributed by atoms with E-state index < -0.39 is 0 Å². The lowest BCUT2D eigenvalue weighted by Gasteiger charge is -2.24. The number of anilines is 1. The molecule has 0 radical (unpaired) electrons. The molecule has 0 saturated carbocycles. The molecule has 0 saturated heterocycles. The molecule has 6 nitrogen and oxygen atoms in total. The highest BCUT2D eigenvalue weighted by molar-refractivity contribution is 8.00. The van der Waals surface area contributed by atoms with E-state index in [1.54, 1.807) is 12.1 Å². The van der Waals surface area contributed by atoms with E-state index in [1.807, 2.05) is 30.3 Å². The lowest BCUT2D eigenvalue weighted by atomic mass is 9.95. The molecule has 1 heterocycles. The molecule has 0 aromatic heterocycles. The Morgan fingerprint density at radius 2 is 1.69 bits per heavy atom. The summed E-state index contributed by atoms with van der Waals surface area (Å²) in [4.78, 5) is 26.4. The van der Waals surface area contributed by atoms with Gasteiger partial charge in [0, 0.05) is 17.0 Å². The number of halogens is 1. The summed E-state index contributed by atoms with van der Waals surface area (Å²) in [6, 6.07) is 18.3. The van der Waals surface area contributed by atoms with E-state index in [0.717, 1.165) is 12.0 Å². The first kappa shape index (κ1) is 25.6. The van der Waals surface area contributed by atoms with Gasteiger partial charge in [-0.05, 0) is 60.0 Å². The van der Waals surface area contributed by atoms with E-state index in [2.05, 4.69) is 24.5 Å². The van der Waals surface area contributed by atoms with Crippen molar-refractivity contribution < 1.29 is 23.5 Å². The van der Waals surface area contributed by atoms with Crippen molar-refractivity contribution in [3.63, 3.8) is 0 Å². The van der Waals surface area contributed by atoms with E-state index >= 15 is 0 Å². The molecule has 3 aromatic carbocycles. The smallest absolute Gasteiger partial charge is 0.252 e. The lowest BCUT2D eigenvalue weighted by molar-refractivity contribution is -0.113. The Morgan fingerprint density at radius 3 is 2.44 bits per heavy atom. The van der Waals surface area contributed by atoms with Crippen LogP contribution in [-0.2, 0) is 4.79 Å². The summed E-state index contributed by atoms with van der Waals surface area (Å²) >= 11 is 1.27. The molecular formula is C28H29FN2O4S. The number of benzene rings is 3. The van der Waals surface area contributed by atoms with Crippen LogP contribution >= 0.6 is 11.8 Å². The van der Waals surface area contributed by atoms with E-state index in [-0.39, 0.29) is 35.3 Å². The van der Waals surface area contributed by atoms with Crippen molar-refractivity contribution in [2.24, 2.45) is 5.92 Å². The lowest BCUT2D eigenvalue weighted by Crippen LogP contribution is -2.32. The van der Waals surface area contributed by atoms with Crippen molar-refractivity contribution in [1.29, 1.82) is 0 Å². The number of thioether (sulfide) groups is 1. The van der Waals surface area contributed by atoms with Gasteiger partial charge >= 0.3 is 0 Å². The quantitative estimate of drug-likeness (QED) is 0.374. The normalized spacial score (nSPS) is 13.6. The second-order valence-corrected chi connectivity index (χ2v) is 9.81. The minimum atomic E-state index is -0.367. The van der Waals surface area contributed by atoms with Crippen LogP contribution in [0, 0.1) is 11.7 Å². The average Bonchev–Trinajstić information content (AvgIpc) is 3.12. The number of rotatable bonds is 8. The van der Waals surface area contributed by atoms with Gasteiger partial charge in [-0.1, -0.05) is 32.0 Å². The maximum absolute atomic E-state index is 13.3. The highest BCUT2D eigenvalue weighted by Crippen LogP contribution is 2.34. The molecule has 0 spiro atoms. The topological polar surface area (TPSA) is 76.7 Å². The molecule has 1 aliphatic rings. The van der Waals surface area contributed by atoms with Gasteiger partial charge in [0.25, 0.3) is 5.91 Å². The van der Waals surface area contributed by atoms with Crippen molar-refractivity contribution in [3.05, 3.63) is 83.7 Å². The number of fused-ring (bicyclic) bond motifs is 1. The number of amides is 2. The number of nitrogens with one attached hydrogen (secondary N) is 2. The van der Waals surface area contributed by atoms with E-state index in [4.69, 9.17) is 9.47 Å². The number of hydrogen-bond acceptors (Lipinski definition) is 5. The second kappa shape index (κ2) is 11.9. The second-order valence-electron chi connectivity index (χ2n) is 8.79. The van der Waals surface area contributed by atoms with Gasteiger partial charge in [-0.25, -0.2) is 4.39 Å². The molecular weight excluding hydrogens is 479 g/mol. The van der Waals surface area contributed by atoms with Crippen LogP contribution in [0.15, 0.2) is 71.6 Å². The molecule has 8 heteroatoms. The van der Waals surface area contributed by atoms with Crippen molar-refractivity contribution in [2.75, 3.05) is 24.3 Å². The minimum Gasteiger partial charge on any atom is -0.490 e. The van der Waals surface area contributed by atoms with Crippen LogP contribution in [0.1, 0.15) is 42.2 Å². The molecule has 1 atom stereocenters. The van der Waals surface area contributed by atoms with Gasteiger partial charge in [-0.3, -0.25) is 9.59 Å². The zero-order valence-electron chi connectivity index (χ0n) is 20.3. The number of hydrogen-bond donors (Lipinski definition) is 2. The van der Waals surface area contributed by atoms with Gasteiger partial charge in [-0.15, -0.1) is 11.8 Å². The fourth-order valence-corrected chi connectivity index (χ4v) is 4.73. The molecule has 2 amide bonds. The summed E-state index contributed by atoms with van der Waals surface area (Å²) < 4.78 is 24.7. The van der Waals surface area contributed by atoms with Gasteiger partial charge in [0.2, 0.25) is 5.91 Å².